The molecule has 5 heteroatoms. The molecular formula is C23H26N2O3. The molecule has 146 valence electrons. The minimum atomic E-state index is -0.357. The third-order valence-corrected chi connectivity index (χ3v) is 4.95. The Morgan fingerprint density at radius 3 is 2.50 bits per heavy atom. The Kier molecular flexibility index (Phi) is 5.54. The molecule has 1 aromatic heterocycles. The maximum absolute atomic E-state index is 12.0. The third kappa shape index (κ3) is 4.09. The van der Waals surface area contributed by atoms with Crippen molar-refractivity contribution in [3.8, 4) is 0 Å². The largest absolute Gasteiger partial charge is 0.423 e. The number of fused-ring (bicyclic) bond motifs is 1. The van der Waals surface area contributed by atoms with Crippen LogP contribution in [0.25, 0.3) is 11.0 Å². The summed E-state index contributed by atoms with van der Waals surface area (Å²) >= 11 is 0. The number of nitrogens with one attached hydrogen (secondary N) is 2. The van der Waals surface area contributed by atoms with E-state index in [1.165, 1.54) is 12.5 Å². The van der Waals surface area contributed by atoms with Gasteiger partial charge in [0, 0.05) is 36.3 Å². The summed E-state index contributed by atoms with van der Waals surface area (Å²) in [5.74, 6) is 0.275. The van der Waals surface area contributed by atoms with Gasteiger partial charge < -0.3 is 15.1 Å². The standard InChI is InChI=1S/C23H26N2O3/c1-13(2)18-11-19-17(10-23(27)28-22(19)9-14(18)3)12-24-20-7-6-8-21(15(20)4)25-16(5)26/h6-11,13,24H,12H2,1-5H3,(H,25,26). The number of carbonyl (C=O) groups is 1. The van der Waals surface area contributed by atoms with Gasteiger partial charge in [-0.2, -0.15) is 0 Å². The molecule has 0 spiro atoms. The Morgan fingerprint density at radius 2 is 1.82 bits per heavy atom. The molecule has 0 bridgehead atoms. The molecular weight excluding hydrogens is 352 g/mol. The average molecular weight is 378 g/mol. The first kappa shape index (κ1) is 19.7. The van der Waals surface area contributed by atoms with Gasteiger partial charge in [-0.05, 0) is 66.3 Å². The van der Waals surface area contributed by atoms with Crippen molar-refractivity contribution < 1.29 is 9.21 Å². The van der Waals surface area contributed by atoms with Gasteiger partial charge in [0.25, 0.3) is 0 Å². The maximum Gasteiger partial charge on any atom is 0.336 e. The van der Waals surface area contributed by atoms with Crippen molar-refractivity contribution in [3.05, 3.63) is 69.1 Å². The van der Waals surface area contributed by atoms with Crippen LogP contribution >= 0.6 is 0 Å². The molecule has 0 unspecified atom stereocenters. The van der Waals surface area contributed by atoms with Crippen molar-refractivity contribution >= 4 is 28.3 Å². The van der Waals surface area contributed by atoms with Crippen molar-refractivity contribution in [2.75, 3.05) is 10.6 Å². The Hall–Kier alpha value is -3.08. The van der Waals surface area contributed by atoms with Gasteiger partial charge in [0.05, 0.1) is 0 Å². The Morgan fingerprint density at radius 1 is 1.11 bits per heavy atom. The number of carbonyl (C=O) groups excluding carboxylic acids is 1. The first-order valence-corrected chi connectivity index (χ1v) is 9.44. The second-order valence-corrected chi connectivity index (χ2v) is 7.46. The van der Waals surface area contributed by atoms with Gasteiger partial charge in [0.15, 0.2) is 0 Å². The summed E-state index contributed by atoms with van der Waals surface area (Å²) in [4.78, 5) is 23.4. The predicted molar refractivity (Wildman–Crippen MR) is 114 cm³/mol. The van der Waals surface area contributed by atoms with E-state index in [1.807, 2.05) is 38.1 Å². The topological polar surface area (TPSA) is 71.3 Å². The minimum Gasteiger partial charge on any atom is -0.423 e. The van der Waals surface area contributed by atoms with Gasteiger partial charge in [-0.25, -0.2) is 4.79 Å². The summed E-state index contributed by atoms with van der Waals surface area (Å²) in [6, 6.07) is 11.3. The summed E-state index contributed by atoms with van der Waals surface area (Å²) in [7, 11) is 0. The normalized spacial score (nSPS) is 11.1. The highest BCUT2D eigenvalue weighted by molar-refractivity contribution is 5.90. The molecule has 1 amide bonds. The van der Waals surface area contributed by atoms with Crippen LogP contribution in [-0.4, -0.2) is 5.91 Å². The number of hydrogen-bond acceptors (Lipinski definition) is 4. The molecule has 2 N–H and O–H groups in total. The zero-order valence-electron chi connectivity index (χ0n) is 17.0. The Labute approximate surface area is 164 Å². The fourth-order valence-electron chi connectivity index (χ4n) is 3.50. The molecule has 5 nitrogen and oxygen atoms in total. The van der Waals surface area contributed by atoms with Gasteiger partial charge in [0.2, 0.25) is 5.91 Å². The minimum absolute atomic E-state index is 0.108. The highest BCUT2D eigenvalue weighted by Crippen LogP contribution is 2.28. The zero-order valence-corrected chi connectivity index (χ0v) is 17.0. The number of anilines is 2. The Balaban J connectivity index is 1.98. The lowest BCUT2D eigenvalue weighted by molar-refractivity contribution is -0.114. The summed E-state index contributed by atoms with van der Waals surface area (Å²) in [6.45, 7) is 10.3. The van der Waals surface area contributed by atoms with Crippen LogP contribution in [0.15, 0.2) is 45.6 Å². The molecule has 0 aliphatic rings. The Bertz CT molecular complexity index is 1100. The second-order valence-electron chi connectivity index (χ2n) is 7.46. The molecule has 2 aromatic carbocycles. The molecule has 1 heterocycles. The summed E-state index contributed by atoms with van der Waals surface area (Å²) in [5.41, 5.74) is 6.12. The molecule has 0 fully saturated rings. The molecule has 0 aliphatic carbocycles. The average Bonchev–Trinajstić information content (AvgIpc) is 2.60. The molecule has 28 heavy (non-hydrogen) atoms. The van der Waals surface area contributed by atoms with Crippen molar-refractivity contribution in [2.45, 2.75) is 47.1 Å². The van der Waals surface area contributed by atoms with Gasteiger partial charge in [0.1, 0.15) is 5.58 Å². The van der Waals surface area contributed by atoms with Gasteiger partial charge in [-0.3, -0.25) is 4.79 Å². The van der Waals surface area contributed by atoms with Crippen molar-refractivity contribution in [1.29, 1.82) is 0 Å². The molecule has 0 atom stereocenters. The molecule has 0 aliphatic heterocycles. The van der Waals surface area contributed by atoms with Crippen molar-refractivity contribution in [1.82, 2.24) is 0 Å². The molecule has 0 saturated heterocycles. The molecule has 0 saturated carbocycles. The lowest BCUT2D eigenvalue weighted by atomic mass is 9.95. The summed E-state index contributed by atoms with van der Waals surface area (Å²) in [6.07, 6.45) is 0. The lowest BCUT2D eigenvalue weighted by Crippen LogP contribution is -2.10. The smallest absolute Gasteiger partial charge is 0.336 e. The fourth-order valence-corrected chi connectivity index (χ4v) is 3.50. The van der Waals surface area contributed by atoms with Crippen LogP contribution < -0.4 is 16.3 Å². The highest BCUT2D eigenvalue weighted by Gasteiger charge is 2.12. The number of aryl methyl sites for hydroxylation is 1. The first-order valence-electron chi connectivity index (χ1n) is 9.44. The number of amides is 1. The summed E-state index contributed by atoms with van der Waals surface area (Å²) in [5, 5.41) is 7.17. The van der Waals surface area contributed by atoms with Crippen LogP contribution in [-0.2, 0) is 11.3 Å². The van der Waals surface area contributed by atoms with E-state index in [9.17, 15) is 9.59 Å². The van der Waals surface area contributed by atoms with Gasteiger partial charge >= 0.3 is 5.63 Å². The summed E-state index contributed by atoms with van der Waals surface area (Å²) < 4.78 is 5.43. The van der Waals surface area contributed by atoms with Crippen LogP contribution in [0.3, 0.4) is 0 Å². The predicted octanol–water partition coefficient (Wildman–Crippen LogP) is 5.10. The van der Waals surface area contributed by atoms with Crippen LogP contribution in [0.5, 0.6) is 0 Å². The molecule has 0 radical (unpaired) electrons. The number of rotatable bonds is 5. The lowest BCUT2D eigenvalue weighted by Gasteiger charge is -2.16. The van der Waals surface area contributed by atoms with Crippen molar-refractivity contribution in [3.63, 3.8) is 0 Å². The van der Waals surface area contributed by atoms with E-state index >= 15 is 0 Å². The van der Waals surface area contributed by atoms with Gasteiger partial charge in [-0.15, -0.1) is 0 Å². The van der Waals surface area contributed by atoms with E-state index in [0.717, 1.165) is 33.5 Å². The van der Waals surface area contributed by atoms with Crippen LogP contribution in [0, 0.1) is 13.8 Å². The van der Waals surface area contributed by atoms with E-state index in [4.69, 9.17) is 4.42 Å². The highest BCUT2D eigenvalue weighted by atomic mass is 16.4. The van der Waals surface area contributed by atoms with Crippen molar-refractivity contribution in [2.24, 2.45) is 0 Å². The van der Waals surface area contributed by atoms with E-state index in [0.29, 0.717) is 18.0 Å². The first-order chi connectivity index (χ1) is 13.3. The monoisotopic (exact) mass is 378 g/mol. The third-order valence-electron chi connectivity index (χ3n) is 4.95. The quantitative estimate of drug-likeness (QED) is 0.606. The van der Waals surface area contributed by atoms with Gasteiger partial charge in [-0.1, -0.05) is 19.9 Å². The number of benzene rings is 2. The zero-order chi connectivity index (χ0) is 20.4. The second kappa shape index (κ2) is 7.89. The molecule has 3 aromatic rings. The van der Waals surface area contributed by atoms with E-state index in [2.05, 4.69) is 30.5 Å². The van der Waals surface area contributed by atoms with E-state index in [-0.39, 0.29) is 11.5 Å². The SMILES string of the molecule is CC(=O)Nc1cccc(NCc2cc(=O)oc3cc(C)c(C(C)C)cc23)c1C. The maximum atomic E-state index is 12.0. The van der Waals surface area contributed by atoms with Crippen LogP contribution in [0.4, 0.5) is 11.4 Å². The van der Waals surface area contributed by atoms with Crippen LogP contribution in [0.1, 0.15) is 48.9 Å². The number of hydrogen-bond donors (Lipinski definition) is 2. The molecule has 3 rings (SSSR count). The van der Waals surface area contributed by atoms with Crippen LogP contribution in [0.2, 0.25) is 0 Å². The fraction of sp³-hybridized carbons (Fsp3) is 0.304. The van der Waals surface area contributed by atoms with E-state index < -0.39 is 0 Å². The van der Waals surface area contributed by atoms with E-state index in [1.54, 1.807) is 6.07 Å².